The fraction of sp³-hybridized carbons (Fsp3) is 0.643. The molecule has 0 N–H and O–H groups in total. The smallest absolute Gasteiger partial charge is 0.246 e. The molecule has 0 spiro atoms. The third-order valence-electron chi connectivity index (χ3n) is 3.64. The molecule has 108 valence electrons. The normalized spacial score (nSPS) is 19.4. The standard InChI is InChI=1S/C14H19N3O3/c15-4-1-13(18)16-5-7-17(8-6-16)14(19)11-12-2-9-20-10-3-12/h11H,1-3,5-10H2. The van der Waals surface area contributed by atoms with Crippen LogP contribution in [-0.4, -0.2) is 61.0 Å². The maximum absolute atomic E-state index is 12.1. The maximum atomic E-state index is 12.1. The molecule has 20 heavy (non-hydrogen) atoms. The summed E-state index contributed by atoms with van der Waals surface area (Å²) in [6, 6.07) is 1.86. The third-order valence-corrected chi connectivity index (χ3v) is 3.64. The molecule has 2 aliphatic heterocycles. The number of carbonyl (C=O) groups excluding carboxylic acids is 2. The first-order valence-corrected chi connectivity index (χ1v) is 6.91. The van der Waals surface area contributed by atoms with Gasteiger partial charge in [0.15, 0.2) is 0 Å². The maximum Gasteiger partial charge on any atom is 0.246 e. The van der Waals surface area contributed by atoms with Crippen molar-refractivity contribution in [1.82, 2.24) is 9.80 Å². The molecule has 2 aliphatic rings. The Kier molecular flexibility index (Phi) is 5.13. The Bertz CT molecular complexity index is 437. The van der Waals surface area contributed by atoms with E-state index in [2.05, 4.69) is 0 Å². The van der Waals surface area contributed by atoms with Crippen LogP contribution in [0.25, 0.3) is 0 Å². The molecule has 2 heterocycles. The van der Waals surface area contributed by atoms with E-state index in [9.17, 15) is 9.59 Å². The summed E-state index contributed by atoms with van der Waals surface area (Å²) in [4.78, 5) is 27.1. The fourth-order valence-electron chi connectivity index (χ4n) is 2.40. The average Bonchev–Trinajstić information content (AvgIpc) is 2.48. The van der Waals surface area contributed by atoms with Gasteiger partial charge in [0.05, 0.1) is 19.3 Å². The number of nitriles is 1. The number of amides is 2. The topological polar surface area (TPSA) is 73.6 Å². The molecule has 0 bridgehead atoms. The molecule has 0 radical (unpaired) electrons. The second-order valence-electron chi connectivity index (χ2n) is 4.96. The first-order chi connectivity index (χ1) is 9.70. The first-order valence-electron chi connectivity index (χ1n) is 6.91. The van der Waals surface area contributed by atoms with Crippen LogP contribution >= 0.6 is 0 Å². The van der Waals surface area contributed by atoms with Gasteiger partial charge in [-0.15, -0.1) is 0 Å². The lowest BCUT2D eigenvalue weighted by Gasteiger charge is -2.34. The molecule has 6 heteroatoms. The van der Waals surface area contributed by atoms with Gasteiger partial charge < -0.3 is 14.5 Å². The molecule has 0 saturated carbocycles. The van der Waals surface area contributed by atoms with Crippen molar-refractivity contribution in [2.24, 2.45) is 0 Å². The van der Waals surface area contributed by atoms with E-state index in [0.717, 1.165) is 18.4 Å². The molecule has 2 fully saturated rings. The molecule has 0 unspecified atom stereocenters. The average molecular weight is 277 g/mol. The Labute approximate surface area is 118 Å². The zero-order valence-electron chi connectivity index (χ0n) is 11.5. The van der Waals surface area contributed by atoms with E-state index in [1.807, 2.05) is 6.07 Å². The van der Waals surface area contributed by atoms with Gasteiger partial charge >= 0.3 is 0 Å². The summed E-state index contributed by atoms with van der Waals surface area (Å²) in [5.74, 6) is -0.128. The van der Waals surface area contributed by atoms with Gasteiger partial charge in [0.2, 0.25) is 11.8 Å². The van der Waals surface area contributed by atoms with Crippen LogP contribution in [0.3, 0.4) is 0 Å². The largest absolute Gasteiger partial charge is 0.381 e. The summed E-state index contributed by atoms with van der Waals surface area (Å²) in [7, 11) is 0. The van der Waals surface area contributed by atoms with E-state index in [0.29, 0.717) is 39.4 Å². The van der Waals surface area contributed by atoms with Gasteiger partial charge in [0.25, 0.3) is 0 Å². The molecule has 6 nitrogen and oxygen atoms in total. The van der Waals surface area contributed by atoms with Gasteiger partial charge in [-0.2, -0.15) is 5.26 Å². The highest BCUT2D eigenvalue weighted by atomic mass is 16.5. The van der Waals surface area contributed by atoms with E-state index < -0.39 is 0 Å². The predicted octanol–water partition coefficient (Wildman–Crippen LogP) is 0.308. The number of hydrogen-bond donors (Lipinski definition) is 0. The summed E-state index contributed by atoms with van der Waals surface area (Å²) in [6.07, 6.45) is 3.28. The zero-order chi connectivity index (χ0) is 14.4. The van der Waals surface area contributed by atoms with Gasteiger partial charge in [0, 0.05) is 32.3 Å². The van der Waals surface area contributed by atoms with Gasteiger partial charge in [-0.1, -0.05) is 5.57 Å². The molecule has 2 rings (SSSR count). The van der Waals surface area contributed by atoms with E-state index in [4.69, 9.17) is 10.00 Å². The van der Waals surface area contributed by atoms with Gasteiger partial charge in [-0.3, -0.25) is 9.59 Å². The molecule has 2 saturated heterocycles. The summed E-state index contributed by atoms with van der Waals surface area (Å²) in [5.41, 5.74) is 1.14. The Morgan fingerprint density at radius 1 is 1.15 bits per heavy atom. The third kappa shape index (κ3) is 3.81. The van der Waals surface area contributed by atoms with Crippen LogP contribution in [-0.2, 0) is 14.3 Å². The minimum Gasteiger partial charge on any atom is -0.381 e. The number of nitrogens with zero attached hydrogens (tertiary/aromatic N) is 3. The van der Waals surface area contributed by atoms with Crippen LogP contribution in [0.15, 0.2) is 11.6 Å². The number of ether oxygens (including phenoxy) is 1. The predicted molar refractivity (Wildman–Crippen MR) is 71.5 cm³/mol. The van der Waals surface area contributed by atoms with Crippen LogP contribution in [0.2, 0.25) is 0 Å². The van der Waals surface area contributed by atoms with Crippen LogP contribution in [0.4, 0.5) is 0 Å². The monoisotopic (exact) mass is 277 g/mol. The molecule has 0 aromatic rings. The second kappa shape index (κ2) is 7.06. The lowest BCUT2D eigenvalue weighted by atomic mass is 10.1. The SMILES string of the molecule is N#CCC(=O)N1CCN(C(=O)C=C2CCOCC2)CC1. The van der Waals surface area contributed by atoms with Crippen LogP contribution in [0.1, 0.15) is 19.3 Å². The van der Waals surface area contributed by atoms with Crippen LogP contribution in [0.5, 0.6) is 0 Å². The number of hydrogen-bond acceptors (Lipinski definition) is 4. The second-order valence-corrected chi connectivity index (χ2v) is 4.96. The Morgan fingerprint density at radius 3 is 2.35 bits per heavy atom. The lowest BCUT2D eigenvalue weighted by Crippen LogP contribution is -2.50. The first kappa shape index (κ1) is 14.5. The highest BCUT2D eigenvalue weighted by molar-refractivity contribution is 5.88. The summed E-state index contributed by atoms with van der Waals surface area (Å²) in [5, 5.41) is 8.51. The van der Waals surface area contributed by atoms with E-state index in [1.165, 1.54) is 0 Å². The Hall–Kier alpha value is -1.87. The van der Waals surface area contributed by atoms with Crippen LogP contribution in [0, 0.1) is 11.3 Å². The molecule has 0 atom stereocenters. The summed E-state index contributed by atoms with van der Waals surface area (Å²) >= 11 is 0. The van der Waals surface area contributed by atoms with Crippen molar-refractivity contribution in [2.45, 2.75) is 19.3 Å². The Balaban J connectivity index is 1.82. The van der Waals surface area contributed by atoms with Crippen molar-refractivity contribution in [3.05, 3.63) is 11.6 Å². The number of rotatable bonds is 2. The molecule has 0 aliphatic carbocycles. The minimum absolute atomic E-state index is 0.0225. The highest BCUT2D eigenvalue weighted by Gasteiger charge is 2.23. The number of piperazine rings is 1. The summed E-state index contributed by atoms with van der Waals surface area (Å²) in [6.45, 7) is 3.48. The number of carbonyl (C=O) groups is 2. The van der Waals surface area contributed by atoms with Crippen molar-refractivity contribution in [3.8, 4) is 6.07 Å². The van der Waals surface area contributed by atoms with Gasteiger partial charge in [-0.05, 0) is 12.8 Å². The zero-order valence-corrected chi connectivity index (χ0v) is 11.5. The minimum atomic E-state index is -0.151. The molecule has 2 amide bonds. The fourth-order valence-corrected chi connectivity index (χ4v) is 2.40. The van der Waals surface area contributed by atoms with Crippen LogP contribution < -0.4 is 0 Å². The quantitative estimate of drug-likeness (QED) is 0.681. The van der Waals surface area contributed by atoms with Crippen molar-refractivity contribution >= 4 is 11.8 Å². The molecule has 0 aromatic heterocycles. The van der Waals surface area contributed by atoms with Crippen molar-refractivity contribution in [2.75, 3.05) is 39.4 Å². The van der Waals surface area contributed by atoms with E-state index in [1.54, 1.807) is 15.9 Å². The molecule has 0 aromatic carbocycles. The van der Waals surface area contributed by atoms with Crippen molar-refractivity contribution < 1.29 is 14.3 Å². The molecular formula is C14H19N3O3. The Morgan fingerprint density at radius 2 is 1.75 bits per heavy atom. The highest BCUT2D eigenvalue weighted by Crippen LogP contribution is 2.14. The van der Waals surface area contributed by atoms with Gasteiger partial charge in [0.1, 0.15) is 6.42 Å². The van der Waals surface area contributed by atoms with E-state index in [-0.39, 0.29) is 18.2 Å². The van der Waals surface area contributed by atoms with E-state index >= 15 is 0 Å². The van der Waals surface area contributed by atoms with Crippen molar-refractivity contribution in [3.63, 3.8) is 0 Å². The summed E-state index contributed by atoms with van der Waals surface area (Å²) < 4.78 is 5.25. The van der Waals surface area contributed by atoms with Gasteiger partial charge in [-0.25, -0.2) is 0 Å². The van der Waals surface area contributed by atoms with Crippen molar-refractivity contribution in [1.29, 1.82) is 5.26 Å². The molecular weight excluding hydrogens is 258 g/mol. The lowest BCUT2D eigenvalue weighted by molar-refractivity contribution is -0.136.